The number of halogens is 3. The molecule has 1 saturated carbocycles. The zero-order valence-corrected chi connectivity index (χ0v) is 18.7. The lowest BCUT2D eigenvalue weighted by atomic mass is 9.84. The van der Waals surface area contributed by atoms with Crippen LogP contribution in [0.3, 0.4) is 0 Å². The Kier molecular flexibility index (Phi) is 6.58. The number of hydrogen-bond acceptors (Lipinski definition) is 5. The van der Waals surface area contributed by atoms with Gasteiger partial charge in [0.05, 0.1) is 23.5 Å². The van der Waals surface area contributed by atoms with E-state index in [1.54, 1.807) is 12.3 Å². The average molecular weight is 458 g/mol. The monoisotopic (exact) mass is 457 g/mol. The van der Waals surface area contributed by atoms with Gasteiger partial charge in [-0.3, -0.25) is 9.78 Å². The average Bonchev–Trinajstić information content (AvgIpc) is 2.81. The van der Waals surface area contributed by atoms with Crippen molar-refractivity contribution in [3.63, 3.8) is 0 Å². The van der Waals surface area contributed by atoms with Crippen LogP contribution in [0.1, 0.15) is 73.2 Å². The highest BCUT2D eigenvalue weighted by Gasteiger charge is 2.34. The summed E-state index contributed by atoms with van der Waals surface area (Å²) in [5.41, 5.74) is 0.953. The molecule has 0 aliphatic heterocycles. The van der Waals surface area contributed by atoms with E-state index in [2.05, 4.69) is 20.1 Å². The minimum Gasteiger partial charge on any atom is -0.267 e. The second-order valence-corrected chi connectivity index (χ2v) is 8.45. The maximum absolute atomic E-state index is 13.5. The molecule has 3 aromatic rings. The molecule has 0 radical (unpaired) electrons. The number of rotatable bonds is 5. The standard InChI is InChI=1S/C24H26F3N5O/c1-3-21-29-13-15(2)22(30-21)19-12-17(16-8-5-4-6-9-16)23(33)32(31-19)14-20-18(24(25,26)27)10-7-11-28-20/h7,10-13,16H,3-6,8-9,14H2,1-2H3. The third-order valence-corrected chi connectivity index (χ3v) is 6.12. The van der Waals surface area contributed by atoms with Crippen molar-refractivity contribution in [2.75, 3.05) is 0 Å². The molecular weight excluding hydrogens is 431 g/mol. The van der Waals surface area contributed by atoms with Crippen LogP contribution in [0, 0.1) is 6.92 Å². The molecule has 0 saturated heterocycles. The SMILES string of the molecule is CCc1ncc(C)c(-c2cc(C3CCCCC3)c(=O)n(Cc3ncccc3C(F)(F)F)n2)n1. The molecule has 0 atom stereocenters. The molecule has 1 fully saturated rings. The van der Waals surface area contributed by atoms with Crippen LogP contribution in [-0.4, -0.2) is 24.7 Å². The molecule has 3 heterocycles. The third kappa shape index (κ3) is 4.96. The van der Waals surface area contributed by atoms with E-state index in [0.717, 1.165) is 48.4 Å². The van der Waals surface area contributed by atoms with E-state index >= 15 is 0 Å². The fourth-order valence-corrected chi connectivity index (χ4v) is 4.36. The van der Waals surface area contributed by atoms with Crippen LogP contribution in [-0.2, 0) is 19.1 Å². The van der Waals surface area contributed by atoms with Crippen molar-refractivity contribution in [3.8, 4) is 11.4 Å². The smallest absolute Gasteiger partial charge is 0.267 e. The van der Waals surface area contributed by atoms with Crippen molar-refractivity contribution in [1.82, 2.24) is 24.7 Å². The van der Waals surface area contributed by atoms with E-state index in [-0.39, 0.29) is 23.7 Å². The number of pyridine rings is 1. The van der Waals surface area contributed by atoms with Crippen molar-refractivity contribution in [2.45, 2.75) is 71.0 Å². The van der Waals surface area contributed by atoms with Crippen molar-refractivity contribution in [1.29, 1.82) is 0 Å². The predicted octanol–water partition coefficient (Wildman–Crippen LogP) is 5.08. The maximum atomic E-state index is 13.5. The van der Waals surface area contributed by atoms with E-state index in [0.29, 0.717) is 29.2 Å². The van der Waals surface area contributed by atoms with Crippen LogP contribution < -0.4 is 5.56 Å². The Morgan fingerprint density at radius 1 is 1.15 bits per heavy atom. The van der Waals surface area contributed by atoms with Crippen molar-refractivity contribution < 1.29 is 13.2 Å². The van der Waals surface area contributed by atoms with Crippen LogP contribution in [0.5, 0.6) is 0 Å². The van der Waals surface area contributed by atoms with Crippen LogP contribution in [0.25, 0.3) is 11.4 Å². The highest BCUT2D eigenvalue weighted by atomic mass is 19.4. The molecule has 0 unspecified atom stereocenters. The molecule has 6 nitrogen and oxygen atoms in total. The van der Waals surface area contributed by atoms with Gasteiger partial charge in [-0.15, -0.1) is 0 Å². The lowest BCUT2D eigenvalue weighted by Crippen LogP contribution is -2.30. The minimum absolute atomic E-state index is 0.0536. The van der Waals surface area contributed by atoms with E-state index in [9.17, 15) is 18.0 Å². The van der Waals surface area contributed by atoms with Gasteiger partial charge in [-0.1, -0.05) is 26.2 Å². The number of nitrogens with zero attached hydrogens (tertiary/aromatic N) is 5. The topological polar surface area (TPSA) is 73.6 Å². The van der Waals surface area contributed by atoms with E-state index in [1.807, 2.05) is 13.8 Å². The number of aryl methyl sites for hydroxylation is 2. The molecule has 3 aromatic heterocycles. The van der Waals surface area contributed by atoms with Gasteiger partial charge in [0, 0.05) is 24.4 Å². The van der Waals surface area contributed by atoms with Gasteiger partial charge < -0.3 is 0 Å². The Labute approximate surface area is 189 Å². The maximum Gasteiger partial charge on any atom is 0.418 e. The summed E-state index contributed by atoms with van der Waals surface area (Å²) in [6.45, 7) is 3.43. The molecule has 1 aliphatic carbocycles. The largest absolute Gasteiger partial charge is 0.418 e. The molecule has 33 heavy (non-hydrogen) atoms. The first-order chi connectivity index (χ1) is 15.8. The quantitative estimate of drug-likeness (QED) is 0.534. The molecule has 0 spiro atoms. The summed E-state index contributed by atoms with van der Waals surface area (Å²) in [7, 11) is 0. The second kappa shape index (κ2) is 9.41. The lowest BCUT2D eigenvalue weighted by molar-refractivity contribution is -0.138. The minimum atomic E-state index is -4.57. The summed E-state index contributed by atoms with van der Waals surface area (Å²) in [5.74, 6) is 0.691. The fraction of sp³-hybridized carbons (Fsp3) is 0.458. The van der Waals surface area contributed by atoms with Crippen molar-refractivity contribution in [2.24, 2.45) is 0 Å². The number of hydrogen-bond donors (Lipinski definition) is 0. The van der Waals surface area contributed by atoms with Crippen LogP contribution >= 0.6 is 0 Å². The highest BCUT2D eigenvalue weighted by Crippen LogP contribution is 2.33. The number of aromatic nitrogens is 5. The van der Waals surface area contributed by atoms with Gasteiger partial charge in [0.1, 0.15) is 11.5 Å². The zero-order chi connectivity index (χ0) is 23.6. The summed E-state index contributed by atoms with van der Waals surface area (Å²) in [4.78, 5) is 26.2. The summed E-state index contributed by atoms with van der Waals surface area (Å²) in [6, 6.07) is 3.98. The first-order valence-corrected chi connectivity index (χ1v) is 11.2. The Hall–Kier alpha value is -3.10. The molecule has 1 aliphatic rings. The summed E-state index contributed by atoms with van der Waals surface area (Å²) in [6.07, 6.45) is 3.97. The van der Waals surface area contributed by atoms with Crippen molar-refractivity contribution in [3.05, 3.63) is 69.2 Å². The van der Waals surface area contributed by atoms with Gasteiger partial charge in [-0.2, -0.15) is 18.3 Å². The van der Waals surface area contributed by atoms with Gasteiger partial charge >= 0.3 is 6.18 Å². The molecule has 9 heteroatoms. The molecule has 0 amide bonds. The molecule has 0 aromatic carbocycles. The van der Waals surface area contributed by atoms with E-state index in [4.69, 9.17) is 0 Å². The molecule has 4 rings (SSSR count). The van der Waals surface area contributed by atoms with Gasteiger partial charge in [0.15, 0.2) is 0 Å². The van der Waals surface area contributed by atoms with Gasteiger partial charge in [0.2, 0.25) is 0 Å². The number of alkyl halides is 3. The molecule has 0 N–H and O–H groups in total. The van der Waals surface area contributed by atoms with Crippen molar-refractivity contribution >= 4 is 0 Å². The Morgan fingerprint density at radius 3 is 2.61 bits per heavy atom. The van der Waals surface area contributed by atoms with Crippen LogP contribution in [0.4, 0.5) is 13.2 Å². The Bertz CT molecular complexity index is 1200. The van der Waals surface area contributed by atoms with Gasteiger partial charge in [0.25, 0.3) is 5.56 Å². The third-order valence-electron chi connectivity index (χ3n) is 6.12. The predicted molar refractivity (Wildman–Crippen MR) is 118 cm³/mol. The molecule has 0 bridgehead atoms. The molecule has 174 valence electrons. The first-order valence-electron chi connectivity index (χ1n) is 11.2. The van der Waals surface area contributed by atoms with Crippen LogP contribution in [0.2, 0.25) is 0 Å². The molecular formula is C24H26F3N5O. The second-order valence-electron chi connectivity index (χ2n) is 8.45. The van der Waals surface area contributed by atoms with Crippen LogP contribution in [0.15, 0.2) is 35.4 Å². The summed E-state index contributed by atoms with van der Waals surface area (Å²) < 4.78 is 41.7. The van der Waals surface area contributed by atoms with Gasteiger partial charge in [-0.05, 0) is 49.4 Å². The zero-order valence-electron chi connectivity index (χ0n) is 18.7. The van der Waals surface area contributed by atoms with E-state index < -0.39 is 11.7 Å². The van der Waals surface area contributed by atoms with E-state index in [1.165, 1.54) is 12.3 Å². The first kappa shape index (κ1) is 23.1. The Morgan fingerprint density at radius 2 is 1.91 bits per heavy atom. The van der Waals surface area contributed by atoms with Gasteiger partial charge in [-0.25, -0.2) is 14.6 Å². The summed E-state index contributed by atoms with van der Waals surface area (Å²) in [5, 5.41) is 4.46. The normalized spacial score (nSPS) is 15.1. The highest BCUT2D eigenvalue weighted by molar-refractivity contribution is 5.58. The summed E-state index contributed by atoms with van der Waals surface area (Å²) >= 11 is 0. The lowest BCUT2D eigenvalue weighted by Gasteiger charge is -2.23. The fourth-order valence-electron chi connectivity index (χ4n) is 4.36. The Balaban J connectivity index is 1.87.